The Morgan fingerprint density at radius 2 is 2.50 bits per heavy atom. The third kappa shape index (κ3) is 2.06. The first kappa shape index (κ1) is 10.6. The first-order valence-electron chi connectivity index (χ1n) is 4.07. The number of aliphatic hydroxyl groups is 1. The first-order chi connectivity index (χ1) is 6.56. The molecule has 1 aromatic rings. The van der Waals surface area contributed by atoms with E-state index in [2.05, 4.69) is 10.4 Å². The summed E-state index contributed by atoms with van der Waals surface area (Å²) in [5.74, 6) is -0.129. The maximum atomic E-state index is 10.5. The lowest BCUT2D eigenvalue weighted by Crippen LogP contribution is -2.17. The monoisotopic (exact) mass is 200 g/mol. The molecule has 0 fully saturated rings. The van der Waals surface area contributed by atoms with Crippen molar-refractivity contribution in [2.45, 2.75) is 6.10 Å². The average Bonchev–Trinajstić information content (AvgIpc) is 2.48. The fourth-order valence-electron chi connectivity index (χ4n) is 1.11. The Hall–Kier alpha value is -1.47. The summed E-state index contributed by atoms with van der Waals surface area (Å²) in [5.41, 5.74) is 0.300. The molecule has 0 aliphatic heterocycles. The highest BCUT2D eigenvalue weighted by Gasteiger charge is 2.19. The molecule has 78 valence electrons. The summed E-state index contributed by atoms with van der Waals surface area (Å²) in [6, 6.07) is 1.27. The van der Waals surface area contributed by atoms with Gasteiger partial charge in [0.25, 0.3) is 0 Å². The molecule has 7 heteroatoms. The second-order valence-corrected chi connectivity index (χ2v) is 2.88. The van der Waals surface area contributed by atoms with Crippen LogP contribution in [-0.4, -0.2) is 33.4 Å². The molecule has 0 aliphatic rings. The summed E-state index contributed by atoms with van der Waals surface area (Å²) in [7, 11) is 3.15. The maximum absolute atomic E-state index is 10.5. The predicted octanol–water partition coefficient (Wildman–Crippen LogP) is -0.419. The van der Waals surface area contributed by atoms with E-state index in [1.165, 1.54) is 13.1 Å². The quantitative estimate of drug-likeness (QED) is 0.508. The van der Waals surface area contributed by atoms with Gasteiger partial charge in [-0.3, -0.25) is 0 Å². The SMILES string of the molecule is CNCC(O)c1cc([N+](=O)[O-])n(C)n1. The van der Waals surface area contributed by atoms with E-state index in [4.69, 9.17) is 0 Å². The van der Waals surface area contributed by atoms with E-state index >= 15 is 0 Å². The van der Waals surface area contributed by atoms with Crippen molar-refractivity contribution >= 4 is 5.82 Å². The van der Waals surface area contributed by atoms with Gasteiger partial charge in [0.05, 0.1) is 6.07 Å². The molecule has 0 aromatic carbocycles. The number of nitrogens with one attached hydrogen (secondary N) is 1. The van der Waals surface area contributed by atoms with Crippen LogP contribution in [-0.2, 0) is 7.05 Å². The molecule has 0 saturated carbocycles. The van der Waals surface area contributed by atoms with Gasteiger partial charge in [0.1, 0.15) is 18.8 Å². The van der Waals surface area contributed by atoms with Crippen molar-refractivity contribution < 1.29 is 10.0 Å². The van der Waals surface area contributed by atoms with Gasteiger partial charge in [0.15, 0.2) is 0 Å². The van der Waals surface area contributed by atoms with Crippen molar-refractivity contribution in [2.24, 2.45) is 7.05 Å². The largest absolute Gasteiger partial charge is 0.385 e. The van der Waals surface area contributed by atoms with E-state index in [1.807, 2.05) is 0 Å². The molecule has 0 spiro atoms. The number of hydrogen-bond donors (Lipinski definition) is 2. The molecule has 1 unspecified atom stereocenters. The van der Waals surface area contributed by atoms with Crippen molar-refractivity contribution in [3.63, 3.8) is 0 Å². The summed E-state index contributed by atoms with van der Waals surface area (Å²) in [5, 5.41) is 26.5. The normalized spacial score (nSPS) is 12.8. The minimum Gasteiger partial charge on any atom is -0.385 e. The molecule has 0 saturated heterocycles. The molecule has 0 aliphatic carbocycles. The molecule has 14 heavy (non-hydrogen) atoms. The van der Waals surface area contributed by atoms with Crippen molar-refractivity contribution in [3.8, 4) is 0 Å². The van der Waals surface area contributed by atoms with Crippen LogP contribution >= 0.6 is 0 Å². The predicted molar refractivity (Wildman–Crippen MR) is 48.7 cm³/mol. The molecule has 0 bridgehead atoms. The number of nitro groups is 1. The van der Waals surface area contributed by atoms with Crippen LogP contribution in [0.25, 0.3) is 0 Å². The Balaban J connectivity index is 2.90. The van der Waals surface area contributed by atoms with Crippen LogP contribution in [0.3, 0.4) is 0 Å². The van der Waals surface area contributed by atoms with Crippen LogP contribution in [0, 0.1) is 10.1 Å². The summed E-state index contributed by atoms with van der Waals surface area (Å²) >= 11 is 0. The molecular formula is C7H12N4O3. The second-order valence-electron chi connectivity index (χ2n) is 2.88. The van der Waals surface area contributed by atoms with E-state index < -0.39 is 11.0 Å². The van der Waals surface area contributed by atoms with Gasteiger partial charge in [-0.1, -0.05) is 5.10 Å². The number of aryl methyl sites for hydroxylation is 1. The van der Waals surface area contributed by atoms with E-state index in [9.17, 15) is 15.2 Å². The van der Waals surface area contributed by atoms with Crippen LogP contribution in [0.15, 0.2) is 6.07 Å². The van der Waals surface area contributed by atoms with Crippen molar-refractivity contribution in [3.05, 3.63) is 21.9 Å². The summed E-state index contributed by atoms with van der Waals surface area (Å²) in [6.45, 7) is 0.314. The van der Waals surface area contributed by atoms with Crippen LogP contribution in [0.1, 0.15) is 11.8 Å². The van der Waals surface area contributed by atoms with Crippen LogP contribution in [0.4, 0.5) is 5.82 Å². The molecule has 2 N–H and O–H groups in total. The second kappa shape index (κ2) is 4.16. The van der Waals surface area contributed by atoms with Gasteiger partial charge < -0.3 is 20.5 Å². The molecule has 7 nitrogen and oxygen atoms in total. The fourth-order valence-corrected chi connectivity index (χ4v) is 1.11. The highest BCUT2D eigenvalue weighted by molar-refractivity contribution is 5.24. The topological polar surface area (TPSA) is 93.2 Å². The lowest BCUT2D eigenvalue weighted by atomic mass is 10.2. The number of rotatable bonds is 4. The Morgan fingerprint density at radius 1 is 1.86 bits per heavy atom. The zero-order valence-electron chi connectivity index (χ0n) is 7.97. The van der Waals surface area contributed by atoms with Crippen LogP contribution in [0.5, 0.6) is 0 Å². The van der Waals surface area contributed by atoms with E-state index in [0.717, 1.165) is 4.68 Å². The number of hydrogen-bond acceptors (Lipinski definition) is 5. The zero-order valence-corrected chi connectivity index (χ0v) is 7.97. The minimum atomic E-state index is -0.820. The van der Waals surface area contributed by atoms with Crippen LogP contribution < -0.4 is 5.32 Å². The Labute approximate surface area is 80.5 Å². The van der Waals surface area contributed by atoms with Gasteiger partial charge in [0.2, 0.25) is 0 Å². The number of nitrogens with zero attached hydrogens (tertiary/aromatic N) is 3. The Bertz CT molecular complexity index is 336. The summed E-state index contributed by atoms with van der Waals surface area (Å²) in [4.78, 5) is 9.92. The number of aromatic nitrogens is 2. The summed E-state index contributed by atoms with van der Waals surface area (Å²) < 4.78 is 1.13. The molecule has 1 rings (SSSR count). The molecule has 1 atom stereocenters. The maximum Gasteiger partial charge on any atom is 0.344 e. The standard InChI is InChI=1S/C7H12N4O3/c1-8-4-6(12)5-3-7(11(13)14)10(2)9-5/h3,6,8,12H,4H2,1-2H3. The van der Waals surface area contributed by atoms with Gasteiger partial charge in [-0.15, -0.1) is 4.68 Å². The zero-order chi connectivity index (χ0) is 10.7. The van der Waals surface area contributed by atoms with Crippen molar-refractivity contribution in [1.29, 1.82) is 0 Å². The van der Waals surface area contributed by atoms with E-state index in [0.29, 0.717) is 12.2 Å². The highest BCUT2D eigenvalue weighted by Crippen LogP contribution is 2.17. The molecule has 1 aromatic heterocycles. The number of aliphatic hydroxyl groups excluding tert-OH is 1. The molecule has 1 heterocycles. The summed E-state index contributed by atoms with van der Waals surface area (Å²) in [6.07, 6.45) is -0.820. The smallest absolute Gasteiger partial charge is 0.344 e. The minimum absolute atomic E-state index is 0.129. The van der Waals surface area contributed by atoms with Crippen molar-refractivity contribution in [2.75, 3.05) is 13.6 Å². The molecule has 0 radical (unpaired) electrons. The van der Waals surface area contributed by atoms with Gasteiger partial charge in [-0.25, -0.2) is 0 Å². The molecular weight excluding hydrogens is 188 g/mol. The van der Waals surface area contributed by atoms with Gasteiger partial charge in [0, 0.05) is 6.54 Å². The van der Waals surface area contributed by atoms with Crippen LogP contribution in [0.2, 0.25) is 0 Å². The Kier molecular flexibility index (Phi) is 3.15. The van der Waals surface area contributed by atoms with Gasteiger partial charge in [-0.05, 0) is 12.0 Å². The third-order valence-corrected chi connectivity index (χ3v) is 1.80. The average molecular weight is 200 g/mol. The van der Waals surface area contributed by atoms with E-state index in [-0.39, 0.29) is 5.82 Å². The van der Waals surface area contributed by atoms with E-state index in [1.54, 1.807) is 7.05 Å². The Morgan fingerprint density at radius 3 is 2.93 bits per heavy atom. The highest BCUT2D eigenvalue weighted by atomic mass is 16.6. The lowest BCUT2D eigenvalue weighted by molar-refractivity contribution is -0.392. The number of likely N-dealkylation sites (N-methyl/N-ethyl adjacent to an activating group) is 1. The third-order valence-electron chi connectivity index (χ3n) is 1.80. The lowest BCUT2D eigenvalue weighted by Gasteiger charge is -2.03. The van der Waals surface area contributed by atoms with Gasteiger partial charge in [-0.2, -0.15) is 0 Å². The fraction of sp³-hybridized carbons (Fsp3) is 0.571. The van der Waals surface area contributed by atoms with Crippen molar-refractivity contribution in [1.82, 2.24) is 15.1 Å². The van der Waals surface area contributed by atoms with Gasteiger partial charge >= 0.3 is 5.82 Å². The first-order valence-corrected chi connectivity index (χ1v) is 4.07. The molecule has 0 amide bonds.